The van der Waals surface area contributed by atoms with Gasteiger partial charge in [0.05, 0.1) is 21.5 Å². The largest absolute Gasteiger partial charge is 0.270 e. The molecule has 0 spiro atoms. The molecule has 120 valence electrons. The summed E-state index contributed by atoms with van der Waals surface area (Å²) in [6, 6.07) is 20.2. The molecule has 1 atom stereocenters. The first-order valence-corrected chi connectivity index (χ1v) is 8.78. The van der Waals surface area contributed by atoms with Crippen molar-refractivity contribution in [3.63, 3.8) is 0 Å². The van der Waals surface area contributed by atoms with Crippen molar-refractivity contribution in [1.29, 1.82) is 0 Å². The molecule has 0 aliphatic carbocycles. The summed E-state index contributed by atoms with van der Waals surface area (Å²) in [4.78, 5) is 10.3. The van der Waals surface area contributed by atoms with E-state index in [9.17, 15) is 14.3 Å². The lowest BCUT2D eigenvalue weighted by molar-refractivity contribution is -0.384. The molecule has 0 heterocycles. The van der Waals surface area contributed by atoms with Crippen LogP contribution in [0.1, 0.15) is 11.1 Å². The minimum atomic E-state index is -1.20. The van der Waals surface area contributed by atoms with Gasteiger partial charge < -0.3 is 0 Å². The van der Waals surface area contributed by atoms with E-state index in [-0.39, 0.29) is 5.69 Å². The molecule has 3 rings (SSSR count). The molecule has 0 bridgehead atoms. The van der Waals surface area contributed by atoms with Gasteiger partial charge in [-0.15, -0.1) is 0 Å². The van der Waals surface area contributed by atoms with Gasteiger partial charge in [0.1, 0.15) is 0 Å². The number of fused-ring (bicyclic) bond motifs is 1. The first-order chi connectivity index (χ1) is 11.6. The van der Waals surface area contributed by atoms with Crippen LogP contribution >= 0.6 is 0 Å². The molecular formula is C19H15NO3S. The normalized spacial score (nSPS) is 12.5. The lowest BCUT2D eigenvalue weighted by atomic mass is 10.1. The van der Waals surface area contributed by atoms with Gasteiger partial charge >= 0.3 is 0 Å². The molecule has 0 aliphatic heterocycles. The zero-order valence-corrected chi connectivity index (χ0v) is 13.6. The van der Waals surface area contributed by atoms with Gasteiger partial charge in [-0.3, -0.25) is 14.3 Å². The van der Waals surface area contributed by atoms with E-state index in [1.807, 2.05) is 42.5 Å². The Kier molecular flexibility index (Phi) is 4.82. The van der Waals surface area contributed by atoms with Crippen molar-refractivity contribution in [3.8, 4) is 0 Å². The quantitative estimate of drug-likeness (QED) is 0.502. The highest BCUT2D eigenvalue weighted by atomic mass is 32.2. The van der Waals surface area contributed by atoms with Crippen molar-refractivity contribution in [2.24, 2.45) is 0 Å². The Hall–Kier alpha value is -2.79. The van der Waals surface area contributed by atoms with Crippen LogP contribution in [0.2, 0.25) is 0 Å². The average molecular weight is 337 g/mol. The first-order valence-electron chi connectivity index (χ1n) is 7.40. The lowest BCUT2D eigenvalue weighted by Gasteiger charge is -2.04. The van der Waals surface area contributed by atoms with Crippen LogP contribution in [-0.2, 0) is 16.6 Å². The van der Waals surface area contributed by atoms with Crippen molar-refractivity contribution >= 4 is 33.3 Å². The van der Waals surface area contributed by atoms with Crippen LogP contribution < -0.4 is 0 Å². The summed E-state index contributed by atoms with van der Waals surface area (Å²) in [6.45, 7) is 0. The van der Waals surface area contributed by atoms with Crippen molar-refractivity contribution in [1.82, 2.24) is 0 Å². The minimum Gasteiger partial charge on any atom is -0.258 e. The molecule has 24 heavy (non-hydrogen) atoms. The van der Waals surface area contributed by atoms with E-state index in [1.54, 1.807) is 23.6 Å². The molecule has 0 radical (unpaired) electrons. The molecular weight excluding hydrogens is 322 g/mol. The van der Waals surface area contributed by atoms with Gasteiger partial charge in [-0.05, 0) is 28.0 Å². The number of nitro groups is 1. The van der Waals surface area contributed by atoms with Gasteiger partial charge in [0.2, 0.25) is 0 Å². The maximum Gasteiger partial charge on any atom is 0.270 e. The third-order valence-electron chi connectivity index (χ3n) is 3.67. The Bertz CT molecular complexity index is 945. The molecule has 5 heteroatoms. The van der Waals surface area contributed by atoms with Crippen LogP contribution in [-0.4, -0.2) is 9.13 Å². The van der Waals surface area contributed by atoms with Crippen molar-refractivity contribution < 1.29 is 9.13 Å². The predicted molar refractivity (Wildman–Crippen MR) is 97.9 cm³/mol. The maximum absolute atomic E-state index is 12.3. The van der Waals surface area contributed by atoms with Gasteiger partial charge in [0, 0.05) is 17.5 Å². The Morgan fingerprint density at radius 1 is 1.00 bits per heavy atom. The summed E-state index contributed by atoms with van der Waals surface area (Å²) in [5.74, 6) is 0.410. The van der Waals surface area contributed by atoms with E-state index in [1.165, 1.54) is 12.1 Å². The molecule has 0 amide bonds. The lowest BCUT2D eigenvalue weighted by Crippen LogP contribution is -1.93. The molecule has 3 aromatic rings. The summed E-state index contributed by atoms with van der Waals surface area (Å²) in [5, 5.41) is 14.6. The molecule has 4 nitrogen and oxygen atoms in total. The van der Waals surface area contributed by atoms with Gasteiger partial charge in [0.25, 0.3) is 5.69 Å². The Morgan fingerprint density at radius 3 is 2.58 bits per heavy atom. The highest BCUT2D eigenvalue weighted by molar-refractivity contribution is 7.87. The third-order valence-corrected chi connectivity index (χ3v) is 4.71. The number of nitrogens with zero attached hydrogens (tertiary/aromatic N) is 1. The zero-order chi connectivity index (χ0) is 16.9. The van der Waals surface area contributed by atoms with Gasteiger partial charge in [-0.1, -0.05) is 54.6 Å². The van der Waals surface area contributed by atoms with E-state index in [0.717, 1.165) is 16.3 Å². The second kappa shape index (κ2) is 7.19. The Balaban J connectivity index is 1.78. The number of nitro benzene ring substituents is 1. The number of hydrogen-bond acceptors (Lipinski definition) is 3. The molecule has 0 saturated carbocycles. The summed E-state index contributed by atoms with van der Waals surface area (Å²) in [6.07, 6.45) is 1.66. The number of rotatable bonds is 5. The fraction of sp³-hybridized carbons (Fsp3) is 0.0526. The third kappa shape index (κ3) is 3.75. The van der Waals surface area contributed by atoms with E-state index in [4.69, 9.17) is 0 Å². The van der Waals surface area contributed by atoms with Crippen molar-refractivity contribution in [2.75, 3.05) is 0 Å². The van der Waals surface area contributed by atoms with Crippen molar-refractivity contribution in [2.45, 2.75) is 5.75 Å². The smallest absolute Gasteiger partial charge is 0.258 e. The van der Waals surface area contributed by atoms with Crippen LogP contribution in [0.25, 0.3) is 16.8 Å². The Morgan fingerprint density at radius 2 is 1.75 bits per heavy atom. The second-order valence-electron chi connectivity index (χ2n) is 5.32. The first kappa shape index (κ1) is 16.1. The van der Waals surface area contributed by atoms with Crippen LogP contribution in [0, 0.1) is 10.1 Å². The molecule has 0 aromatic heterocycles. The standard InChI is InChI=1S/C19H15NO3S/c21-20(22)18-9-3-5-15(13-18)11-12-24(23)14-17-8-4-7-16-6-1-2-10-19(16)17/h1-13H,14H2. The van der Waals surface area contributed by atoms with Gasteiger partial charge in [-0.25, -0.2) is 0 Å². The summed E-state index contributed by atoms with van der Waals surface area (Å²) in [7, 11) is -1.20. The van der Waals surface area contributed by atoms with Gasteiger partial charge in [-0.2, -0.15) is 0 Å². The fourth-order valence-corrected chi connectivity index (χ4v) is 3.48. The van der Waals surface area contributed by atoms with Crippen LogP contribution in [0.4, 0.5) is 5.69 Å². The van der Waals surface area contributed by atoms with Crippen molar-refractivity contribution in [3.05, 3.63) is 93.4 Å². The summed E-state index contributed by atoms with van der Waals surface area (Å²) < 4.78 is 12.3. The van der Waals surface area contributed by atoms with Gasteiger partial charge in [0.15, 0.2) is 0 Å². The van der Waals surface area contributed by atoms with E-state index in [2.05, 4.69) is 0 Å². The molecule has 0 N–H and O–H groups in total. The summed E-state index contributed by atoms with van der Waals surface area (Å²) >= 11 is 0. The number of benzene rings is 3. The monoisotopic (exact) mass is 337 g/mol. The molecule has 0 saturated heterocycles. The second-order valence-corrected chi connectivity index (χ2v) is 6.64. The number of hydrogen-bond donors (Lipinski definition) is 0. The average Bonchev–Trinajstić information content (AvgIpc) is 2.60. The van der Waals surface area contributed by atoms with E-state index < -0.39 is 15.7 Å². The highest BCUT2D eigenvalue weighted by Crippen LogP contribution is 2.20. The summed E-state index contributed by atoms with van der Waals surface area (Å²) in [5.41, 5.74) is 1.71. The number of non-ortho nitro benzene ring substituents is 1. The van der Waals surface area contributed by atoms with Crippen LogP contribution in [0.15, 0.2) is 72.1 Å². The molecule has 0 aliphatic rings. The van der Waals surface area contributed by atoms with E-state index >= 15 is 0 Å². The zero-order valence-electron chi connectivity index (χ0n) is 12.8. The fourth-order valence-electron chi connectivity index (χ4n) is 2.52. The molecule has 0 fully saturated rings. The van der Waals surface area contributed by atoms with Crippen LogP contribution in [0.3, 0.4) is 0 Å². The molecule has 1 unspecified atom stereocenters. The Labute approximate surface area is 142 Å². The SMILES string of the molecule is O=[N+]([O-])c1cccc(C=CS(=O)Cc2cccc3ccccc23)c1. The van der Waals surface area contributed by atoms with E-state index in [0.29, 0.717) is 11.3 Å². The molecule has 3 aromatic carbocycles. The minimum absolute atomic E-state index is 0.0250. The maximum atomic E-state index is 12.3. The van der Waals surface area contributed by atoms with Crippen LogP contribution in [0.5, 0.6) is 0 Å². The highest BCUT2D eigenvalue weighted by Gasteiger charge is 2.05. The topological polar surface area (TPSA) is 60.2 Å². The predicted octanol–water partition coefficient (Wildman–Crippen LogP) is 4.67.